The van der Waals surface area contributed by atoms with Crippen LogP contribution in [-0.2, 0) is 9.84 Å². The molecular formula is C14H17BrO4S. The lowest BCUT2D eigenvalue weighted by Crippen LogP contribution is -2.33. The van der Waals surface area contributed by atoms with Crippen molar-refractivity contribution in [2.24, 2.45) is 0 Å². The lowest BCUT2D eigenvalue weighted by molar-refractivity contribution is 0.111. The van der Waals surface area contributed by atoms with Gasteiger partial charge in [-0.3, -0.25) is 4.79 Å². The monoisotopic (exact) mass is 360 g/mol. The molecular weight excluding hydrogens is 344 g/mol. The first kappa shape index (κ1) is 15.5. The van der Waals surface area contributed by atoms with Crippen LogP contribution in [0.15, 0.2) is 22.7 Å². The van der Waals surface area contributed by atoms with Crippen molar-refractivity contribution < 1.29 is 17.9 Å². The van der Waals surface area contributed by atoms with E-state index in [4.69, 9.17) is 4.74 Å². The van der Waals surface area contributed by atoms with Gasteiger partial charge in [0.05, 0.1) is 15.3 Å². The van der Waals surface area contributed by atoms with E-state index in [9.17, 15) is 13.2 Å². The number of carbonyl (C=O) groups excluding carboxylic acids is 1. The smallest absolute Gasteiger partial charge is 0.153 e. The quantitative estimate of drug-likeness (QED) is 0.774. The molecule has 1 aromatic carbocycles. The number of rotatable bonds is 4. The Labute approximate surface area is 127 Å². The molecule has 0 aromatic heterocycles. The molecule has 1 fully saturated rings. The number of ether oxygens (including phenoxy) is 1. The van der Waals surface area contributed by atoms with Crippen molar-refractivity contribution >= 4 is 32.1 Å². The molecule has 2 atom stereocenters. The van der Waals surface area contributed by atoms with E-state index in [1.165, 1.54) is 6.26 Å². The van der Waals surface area contributed by atoms with Gasteiger partial charge in [-0.2, -0.15) is 0 Å². The van der Waals surface area contributed by atoms with Crippen LogP contribution in [0.3, 0.4) is 0 Å². The number of hydrogen-bond donors (Lipinski definition) is 0. The molecule has 0 amide bonds. The normalized spacial score (nSPS) is 23.3. The van der Waals surface area contributed by atoms with E-state index in [0.717, 1.165) is 19.1 Å². The summed E-state index contributed by atoms with van der Waals surface area (Å²) in [7, 11) is -3.04. The zero-order valence-electron chi connectivity index (χ0n) is 11.2. The fourth-order valence-corrected chi connectivity index (χ4v) is 4.14. The average molecular weight is 361 g/mol. The third kappa shape index (κ3) is 3.61. The number of sulfone groups is 1. The molecule has 0 radical (unpaired) electrons. The van der Waals surface area contributed by atoms with Gasteiger partial charge in [0, 0.05) is 12.7 Å². The van der Waals surface area contributed by atoms with Gasteiger partial charge in [-0.1, -0.05) is 6.07 Å². The summed E-state index contributed by atoms with van der Waals surface area (Å²) in [6.45, 7) is 0. The van der Waals surface area contributed by atoms with E-state index < -0.39 is 9.84 Å². The Morgan fingerprint density at radius 3 is 2.75 bits per heavy atom. The summed E-state index contributed by atoms with van der Waals surface area (Å²) in [4.78, 5) is 11.0. The fourth-order valence-electron chi connectivity index (χ4n) is 2.51. The van der Waals surface area contributed by atoms with Crippen molar-refractivity contribution in [3.05, 3.63) is 28.2 Å². The van der Waals surface area contributed by atoms with E-state index in [2.05, 4.69) is 15.9 Å². The number of aldehydes is 1. The number of carbonyl (C=O) groups is 1. The summed E-state index contributed by atoms with van der Waals surface area (Å²) < 4.78 is 29.9. The SMILES string of the molecule is CS(=O)(=O)C1CCCC(Oc2c(Br)cccc2C=O)C1. The van der Waals surface area contributed by atoms with Gasteiger partial charge in [-0.05, 0) is 47.3 Å². The fraction of sp³-hybridized carbons (Fsp3) is 0.500. The second-order valence-electron chi connectivity index (χ2n) is 5.13. The highest BCUT2D eigenvalue weighted by atomic mass is 79.9. The lowest BCUT2D eigenvalue weighted by Gasteiger charge is -2.29. The zero-order chi connectivity index (χ0) is 14.8. The highest BCUT2D eigenvalue weighted by Crippen LogP contribution is 2.33. The predicted octanol–water partition coefficient (Wildman–Crippen LogP) is 3.00. The minimum absolute atomic E-state index is 0.166. The van der Waals surface area contributed by atoms with E-state index in [-0.39, 0.29) is 11.4 Å². The molecule has 0 bridgehead atoms. The molecule has 0 saturated heterocycles. The van der Waals surface area contributed by atoms with Crippen molar-refractivity contribution in [3.63, 3.8) is 0 Å². The van der Waals surface area contributed by atoms with E-state index in [0.29, 0.717) is 28.6 Å². The number of para-hydroxylation sites is 1. The standard InChI is InChI=1S/C14H17BrO4S/c1-20(17,18)12-6-3-5-11(8-12)19-14-10(9-16)4-2-7-13(14)15/h2,4,7,9,11-12H,3,5-6,8H2,1H3. The van der Waals surface area contributed by atoms with E-state index in [1.807, 2.05) is 0 Å². The lowest BCUT2D eigenvalue weighted by atomic mass is 9.97. The molecule has 0 N–H and O–H groups in total. The summed E-state index contributed by atoms with van der Waals surface area (Å²) >= 11 is 3.37. The maximum Gasteiger partial charge on any atom is 0.153 e. The number of halogens is 1. The molecule has 2 unspecified atom stereocenters. The predicted molar refractivity (Wildman–Crippen MR) is 81.0 cm³/mol. The second kappa shape index (κ2) is 6.26. The Bertz CT molecular complexity index is 597. The highest BCUT2D eigenvalue weighted by molar-refractivity contribution is 9.10. The summed E-state index contributed by atoms with van der Waals surface area (Å²) in [6.07, 6.45) is 4.66. The third-order valence-corrected chi connectivity index (χ3v) is 5.86. The zero-order valence-corrected chi connectivity index (χ0v) is 13.6. The Balaban J connectivity index is 2.16. The van der Waals surface area contributed by atoms with Crippen LogP contribution in [0.1, 0.15) is 36.0 Å². The molecule has 4 nitrogen and oxygen atoms in total. The largest absolute Gasteiger partial charge is 0.488 e. The van der Waals surface area contributed by atoms with Crippen LogP contribution in [0.4, 0.5) is 0 Å². The molecule has 0 aliphatic heterocycles. The van der Waals surface area contributed by atoms with Crippen LogP contribution in [0.2, 0.25) is 0 Å². The van der Waals surface area contributed by atoms with Crippen molar-refractivity contribution in [2.45, 2.75) is 37.0 Å². The van der Waals surface area contributed by atoms with E-state index >= 15 is 0 Å². The first-order chi connectivity index (χ1) is 9.41. The highest BCUT2D eigenvalue weighted by Gasteiger charge is 2.30. The van der Waals surface area contributed by atoms with Crippen LogP contribution in [0.5, 0.6) is 5.75 Å². The van der Waals surface area contributed by atoms with E-state index in [1.54, 1.807) is 18.2 Å². The Morgan fingerprint density at radius 1 is 1.35 bits per heavy atom. The minimum atomic E-state index is -3.04. The van der Waals surface area contributed by atoms with Crippen LogP contribution in [0, 0.1) is 0 Å². The summed E-state index contributed by atoms with van der Waals surface area (Å²) in [5, 5.41) is -0.344. The maximum absolute atomic E-state index is 11.7. The molecule has 1 saturated carbocycles. The van der Waals surface area contributed by atoms with Gasteiger partial charge in [0.25, 0.3) is 0 Å². The molecule has 20 heavy (non-hydrogen) atoms. The topological polar surface area (TPSA) is 60.4 Å². The molecule has 110 valence electrons. The Morgan fingerprint density at radius 2 is 2.10 bits per heavy atom. The Hall–Kier alpha value is -0.880. The molecule has 0 heterocycles. The van der Waals surface area contributed by atoms with Crippen LogP contribution in [-0.4, -0.2) is 32.3 Å². The van der Waals surface area contributed by atoms with Crippen molar-refractivity contribution in [1.82, 2.24) is 0 Å². The van der Waals surface area contributed by atoms with Crippen molar-refractivity contribution in [1.29, 1.82) is 0 Å². The maximum atomic E-state index is 11.7. The average Bonchev–Trinajstić information content (AvgIpc) is 2.40. The van der Waals surface area contributed by atoms with Crippen molar-refractivity contribution in [3.8, 4) is 5.75 Å². The number of hydrogen-bond acceptors (Lipinski definition) is 4. The van der Waals surface area contributed by atoms with Crippen molar-refractivity contribution in [2.75, 3.05) is 6.26 Å². The van der Waals surface area contributed by atoms with Gasteiger partial charge in [0.1, 0.15) is 21.7 Å². The summed E-state index contributed by atoms with van der Waals surface area (Å²) in [5.74, 6) is 0.502. The summed E-state index contributed by atoms with van der Waals surface area (Å²) in [5.41, 5.74) is 0.473. The van der Waals surface area contributed by atoms with Gasteiger partial charge in [-0.15, -0.1) is 0 Å². The first-order valence-corrected chi connectivity index (χ1v) is 9.26. The molecule has 1 aromatic rings. The molecule has 6 heteroatoms. The third-order valence-electron chi connectivity index (χ3n) is 3.59. The summed E-state index contributed by atoms with van der Waals surface area (Å²) in [6, 6.07) is 5.25. The number of benzene rings is 1. The van der Waals surface area contributed by atoms with Gasteiger partial charge in [0.2, 0.25) is 0 Å². The second-order valence-corrected chi connectivity index (χ2v) is 8.31. The van der Waals surface area contributed by atoms with Gasteiger partial charge < -0.3 is 4.74 Å². The first-order valence-electron chi connectivity index (χ1n) is 6.51. The molecule has 2 rings (SSSR count). The van der Waals surface area contributed by atoms with Gasteiger partial charge in [-0.25, -0.2) is 8.42 Å². The van der Waals surface area contributed by atoms with Gasteiger partial charge >= 0.3 is 0 Å². The molecule has 1 aliphatic carbocycles. The van der Waals surface area contributed by atoms with Crippen LogP contribution >= 0.6 is 15.9 Å². The van der Waals surface area contributed by atoms with Gasteiger partial charge in [0.15, 0.2) is 6.29 Å². The molecule has 1 aliphatic rings. The molecule has 0 spiro atoms. The van der Waals surface area contributed by atoms with Crippen LogP contribution < -0.4 is 4.74 Å². The minimum Gasteiger partial charge on any atom is -0.488 e. The van der Waals surface area contributed by atoms with Crippen LogP contribution in [0.25, 0.3) is 0 Å². The Kier molecular flexibility index (Phi) is 4.86.